The van der Waals surface area contributed by atoms with E-state index >= 15 is 0 Å². The van der Waals surface area contributed by atoms with Gasteiger partial charge in [0.05, 0.1) is 11.4 Å². The molecule has 1 spiro atoms. The summed E-state index contributed by atoms with van der Waals surface area (Å²) in [7, 11) is 4.08. The lowest BCUT2D eigenvalue weighted by atomic mass is 9.87. The van der Waals surface area contributed by atoms with Gasteiger partial charge in [0.2, 0.25) is 11.9 Å². The fourth-order valence-electron chi connectivity index (χ4n) is 3.66. The second-order valence-electron chi connectivity index (χ2n) is 6.71. The van der Waals surface area contributed by atoms with Crippen molar-refractivity contribution in [3.8, 4) is 0 Å². The SMILES string of the molecule is Cc1ccc(N(C)C)c(N2C(N)=NC(N)=NC23CCCCC3)c1. The number of rotatable bonds is 2. The van der Waals surface area contributed by atoms with Gasteiger partial charge in [-0.1, -0.05) is 12.5 Å². The van der Waals surface area contributed by atoms with Crippen molar-refractivity contribution in [1.82, 2.24) is 0 Å². The van der Waals surface area contributed by atoms with Crippen molar-refractivity contribution in [2.75, 3.05) is 23.9 Å². The molecule has 2 aliphatic rings. The van der Waals surface area contributed by atoms with E-state index in [0.717, 1.165) is 37.1 Å². The monoisotopic (exact) mass is 314 g/mol. The molecule has 3 rings (SSSR count). The molecule has 124 valence electrons. The van der Waals surface area contributed by atoms with Gasteiger partial charge in [0.1, 0.15) is 5.66 Å². The van der Waals surface area contributed by atoms with Crippen LogP contribution in [0.5, 0.6) is 0 Å². The van der Waals surface area contributed by atoms with E-state index in [1.54, 1.807) is 0 Å². The Kier molecular flexibility index (Phi) is 3.92. The molecule has 0 bridgehead atoms. The molecule has 4 N–H and O–H groups in total. The highest BCUT2D eigenvalue weighted by molar-refractivity contribution is 6.07. The highest BCUT2D eigenvalue weighted by Gasteiger charge is 2.43. The Hall–Kier alpha value is -2.24. The summed E-state index contributed by atoms with van der Waals surface area (Å²) in [4.78, 5) is 13.2. The van der Waals surface area contributed by atoms with Gasteiger partial charge in [0.25, 0.3) is 0 Å². The van der Waals surface area contributed by atoms with Crippen LogP contribution in [0.1, 0.15) is 37.7 Å². The van der Waals surface area contributed by atoms with Crippen LogP contribution in [0.25, 0.3) is 0 Å². The molecule has 0 saturated heterocycles. The molecule has 6 heteroatoms. The Morgan fingerprint density at radius 2 is 1.83 bits per heavy atom. The lowest BCUT2D eigenvalue weighted by molar-refractivity contribution is 0.305. The average Bonchev–Trinajstić information content (AvgIpc) is 2.46. The summed E-state index contributed by atoms with van der Waals surface area (Å²) >= 11 is 0. The zero-order valence-electron chi connectivity index (χ0n) is 14.2. The van der Waals surface area contributed by atoms with Crippen LogP contribution in [-0.2, 0) is 0 Å². The van der Waals surface area contributed by atoms with Gasteiger partial charge in [-0.25, -0.2) is 4.99 Å². The lowest BCUT2D eigenvalue weighted by Gasteiger charge is -2.46. The number of nitrogens with zero attached hydrogens (tertiary/aromatic N) is 4. The third-order valence-corrected chi connectivity index (χ3v) is 4.71. The number of aryl methyl sites for hydroxylation is 1. The Morgan fingerprint density at radius 1 is 1.13 bits per heavy atom. The second-order valence-corrected chi connectivity index (χ2v) is 6.71. The van der Waals surface area contributed by atoms with Crippen LogP contribution in [0.15, 0.2) is 28.2 Å². The van der Waals surface area contributed by atoms with Gasteiger partial charge in [-0.3, -0.25) is 4.90 Å². The summed E-state index contributed by atoms with van der Waals surface area (Å²) in [6, 6.07) is 6.39. The van der Waals surface area contributed by atoms with Gasteiger partial charge >= 0.3 is 0 Å². The molecular formula is C17H26N6. The van der Waals surface area contributed by atoms with Crippen molar-refractivity contribution in [1.29, 1.82) is 0 Å². The quantitative estimate of drug-likeness (QED) is 0.876. The summed E-state index contributed by atoms with van der Waals surface area (Å²) in [6.45, 7) is 2.09. The smallest absolute Gasteiger partial charge is 0.220 e. The van der Waals surface area contributed by atoms with E-state index in [2.05, 4.69) is 39.9 Å². The zero-order chi connectivity index (χ0) is 16.6. The van der Waals surface area contributed by atoms with E-state index in [4.69, 9.17) is 16.5 Å². The first kappa shape index (κ1) is 15.6. The number of aliphatic imine (C=N–C) groups is 2. The molecule has 1 saturated carbocycles. The van der Waals surface area contributed by atoms with Crippen molar-refractivity contribution in [2.24, 2.45) is 21.5 Å². The largest absolute Gasteiger partial charge is 0.376 e. The Morgan fingerprint density at radius 3 is 2.48 bits per heavy atom. The maximum Gasteiger partial charge on any atom is 0.220 e. The molecule has 23 heavy (non-hydrogen) atoms. The minimum absolute atomic E-state index is 0.291. The van der Waals surface area contributed by atoms with Crippen LogP contribution in [0.4, 0.5) is 11.4 Å². The minimum Gasteiger partial charge on any atom is -0.376 e. The first-order chi connectivity index (χ1) is 10.9. The number of anilines is 2. The Balaban J connectivity index is 2.16. The number of hydrogen-bond acceptors (Lipinski definition) is 6. The number of nitrogens with two attached hydrogens (primary N) is 2. The molecule has 0 aromatic heterocycles. The van der Waals surface area contributed by atoms with E-state index in [-0.39, 0.29) is 0 Å². The maximum absolute atomic E-state index is 6.32. The topological polar surface area (TPSA) is 83.2 Å². The highest BCUT2D eigenvalue weighted by Crippen LogP contribution is 2.42. The maximum atomic E-state index is 6.32. The summed E-state index contributed by atoms with van der Waals surface area (Å²) in [5.74, 6) is 0.729. The van der Waals surface area contributed by atoms with Gasteiger partial charge < -0.3 is 16.4 Å². The molecular weight excluding hydrogens is 288 g/mol. The summed E-state index contributed by atoms with van der Waals surface area (Å²) < 4.78 is 0. The van der Waals surface area contributed by atoms with E-state index < -0.39 is 5.66 Å². The normalized spacial score (nSPS) is 20.2. The van der Waals surface area contributed by atoms with Crippen molar-refractivity contribution >= 4 is 23.3 Å². The molecule has 1 aromatic rings. The van der Waals surface area contributed by atoms with Crippen molar-refractivity contribution < 1.29 is 0 Å². The molecule has 1 aliphatic heterocycles. The first-order valence-corrected chi connectivity index (χ1v) is 8.21. The van der Waals surface area contributed by atoms with E-state index in [1.807, 2.05) is 14.1 Å². The fourth-order valence-corrected chi connectivity index (χ4v) is 3.66. The minimum atomic E-state index is -0.396. The van der Waals surface area contributed by atoms with Crippen LogP contribution in [0, 0.1) is 6.92 Å². The lowest BCUT2D eigenvalue weighted by Crippen LogP contribution is -2.58. The molecule has 0 unspecified atom stereocenters. The van der Waals surface area contributed by atoms with Crippen molar-refractivity contribution in [2.45, 2.75) is 44.7 Å². The molecule has 1 aliphatic carbocycles. The molecule has 0 amide bonds. The predicted molar refractivity (Wildman–Crippen MR) is 97.0 cm³/mol. The number of hydrogen-bond donors (Lipinski definition) is 2. The second kappa shape index (κ2) is 5.76. The first-order valence-electron chi connectivity index (χ1n) is 8.21. The van der Waals surface area contributed by atoms with Gasteiger partial charge in [-0.15, -0.1) is 0 Å². The van der Waals surface area contributed by atoms with Crippen LogP contribution < -0.4 is 21.3 Å². The van der Waals surface area contributed by atoms with E-state index in [0.29, 0.717) is 11.9 Å². The van der Waals surface area contributed by atoms with Gasteiger partial charge in [0.15, 0.2) is 0 Å². The third-order valence-electron chi connectivity index (χ3n) is 4.71. The Labute approximate surface area is 137 Å². The third kappa shape index (κ3) is 2.73. The summed E-state index contributed by atoms with van der Waals surface area (Å²) in [5.41, 5.74) is 15.2. The molecule has 1 fully saturated rings. The Bertz CT molecular complexity index is 655. The predicted octanol–water partition coefficient (Wildman–Crippen LogP) is 2.17. The highest BCUT2D eigenvalue weighted by atomic mass is 15.4. The van der Waals surface area contributed by atoms with Gasteiger partial charge in [-0.05, 0) is 50.3 Å². The standard InChI is InChI=1S/C17H26N6/c1-12-7-8-13(22(2)3)14(11-12)23-16(19)20-15(18)21-17(23)9-5-4-6-10-17/h7-8,11H,4-6,9-10H2,1-3H3,(H4,18,19,20,21). The zero-order valence-corrected chi connectivity index (χ0v) is 14.2. The molecule has 1 aromatic carbocycles. The van der Waals surface area contributed by atoms with Crippen LogP contribution in [0.3, 0.4) is 0 Å². The van der Waals surface area contributed by atoms with Crippen LogP contribution in [0.2, 0.25) is 0 Å². The van der Waals surface area contributed by atoms with Crippen LogP contribution in [-0.4, -0.2) is 31.7 Å². The average molecular weight is 314 g/mol. The summed E-state index contributed by atoms with van der Waals surface area (Å²) in [5, 5.41) is 0. The van der Waals surface area contributed by atoms with Crippen LogP contribution >= 0.6 is 0 Å². The van der Waals surface area contributed by atoms with Crippen molar-refractivity contribution in [3.05, 3.63) is 23.8 Å². The van der Waals surface area contributed by atoms with E-state index in [9.17, 15) is 0 Å². The van der Waals surface area contributed by atoms with E-state index in [1.165, 1.54) is 12.0 Å². The molecule has 0 radical (unpaired) electrons. The van der Waals surface area contributed by atoms with Gasteiger partial charge in [0, 0.05) is 14.1 Å². The summed E-state index contributed by atoms with van der Waals surface area (Å²) in [6.07, 6.45) is 5.39. The number of benzene rings is 1. The fraction of sp³-hybridized carbons (Fsp3) is 0.529. The number of guanidine groups is 2. The molecule has 0 atom stereocenters. The van der Waals surface area contributed by atoms with Gasteiger partial charge in [-0.2, -0.15) is 4.99 Å². The molecule has 1 heterocycles. The molecule has 6 nitrogen and oxygen atoms in total. The van der Waals surface area contributed by atoms with Crippen molar-refractivity contribution in [3.63, 3.8) is 0 Å².